The first-order chi connectivity index (χ1) is 13.4. The third-order valence-electron chi connectivity index (χ3n) is 3.44. The van der Waals surface area contributed by atoms with Crippen LogP contribution in [0.2, 0.25) is 0 Å². The summed E-state index contributed by atoms with van der Waals surface area (Å²) in [5, 5.41) is 21.2. The number of hydrogen-bond donors (Lipinski definition) is 3. The molecule has 2 amide bonds. The Hall–Kier alpha value is -3.99. The number of nitrogens with two attached hydrogens (primary N) is 1. The number of ether oxygens (including phenoxy) is 2. The molecule has 8 heteroatoms. The van der Waals surface area contributed by atoms with Crippen LogP contribution in [0.5, 0.6) is 17.2 Å². The van der Waals surface area contributed by atoms with Gasteiger partial charge in [-0.2, -0.15) is 5.26 Å². The van der Waals surface area contributed by atoms with E-state index in [-0.39, 0.29) is 17.9 Å². The highest BCUT2D eigenvalue weighted by Gasteiger charge is 2.12. The van der Waals surface area contributed by atoms with Crippen molar-refractivity contribution < 1.29 is 24.2 Å². The van der Waals surface area contributed by atoms with Gasteiger partial charge in [0.15, 0.2) is 18.1 Å². The number of nitriles is 1. The number of phenols is 1. The number of amides is 2. The van der Waals surface area contributed by atoms with Crippen LogP contribution < -0.4 is 20.5 Å². The van der Waals surface area contributed by atoms with Gasteiger partial charge in [-0.15, -0.1) is 0 Å². The number of rotatable bonds is 8. The van der Waals surface area contributed by atoms with Gasteiger partial charge >= 0.3 is 0 Å². The van der Waals surface area contributed by atoms with Crippen LogP contribution >= 0.6 is 0 Å². The molecule has 0 aliphatic rings. The van der Waals surface area contributed by atoms with E-state index in [1.807, 2.05) is 6.07 Å². The van der Waals surface area contributed by atoms with Crippen molar-refractivity contribution in [3.8, 4) is 23.3 Å². The van der Waals surface area contributed by atoms with E-state index in [0.717, 1.165) is 0 Å². The quantitative estimate of drug-likeness (QED) is 0.364. The second-order valence-corrected chi connectivity index (χ2v) is 5.56. The van der Waals surface area contributed by atoms with Gasteiger partial charge in [0.25, 0.3) is 11.8 Å². The van der Waals surface area contributed by atoms with Gasteiger partial charge in [-0.1, -0.05) is 6.07 Å². The van der Waals surface area contributed by atoms with Crippen LogP contribution in [0.25, 0.3) is 6.08 Å². The molecule has 0 unspecified atom stereocenters. The van der Waals surface area contributed by atoms with E-state index in [1.54, 1.807) is 25.1 Å². The molecule has 2 aromatic carbocycles. The standard InChI is InChI=1S/C20H19N3O5/c1-2-27-18-10-13(3-8-17(18)28-12-19(22)25)9-14(11-21)20(26)23-15-4-6-16(24)7-5-15/h3-10,24H,2,12H2,1H3,(H2,22,25)(H,23,26)/b14-9+. The maximum absolute atomic E-state index is 12.3. The predicted molar refractivity (Wildman–Crippen MR) is 103 cm³/mol. The van der Waals surface area contributed by atoms with E-state index in [1.165, 1.54) is 30.3 Å². The molecule has 0 aromatic heterocycles. The average Bonchev–Trinajstić information content (AvgIpc) is 2.67. The number of carbonyl (C=O) groups is 2. The van der Waals surface area contributed by atoms with Crippen molar-refractivity contribution >= 4 is 23.6 Å². The molecule has 0 atom stereocenters. The van der Waals surface area contributed by atoms with Gasteiger partial charge in [0, 0.05) is 5.69 Å². The van der Waals surface area contributed by atoms with Crippen LogP contribution in [0, 0.1) is 11.3 Å². The minimum atomic E-state index is -0.621. The van der Waals surface area contributed by atoms with Crippen LogP contribution in [0.1, 0.15) is 12.5 Å². The Morgan fingerprint density at radius 1 is 1.18 bits per heavy atom. The minimum absolute atomic E-state index is 0.0659. The van der Waals surface area contributed by atoms with E-state index < -0.39 is 11.8 Å². The van der Waals surface area contributed by atoms with Gasteiger partial charge in [0.1, 0.15) is 17.4 Å². The SMILES string of the molecule is CCOc1cc(/C=C(\C#N)C(=O)Nc2ccc(O)cc2)ccc1OCC(N)=O. The van der Waals surface area contributed by atoms with Crippen molar-refractivity contribution in [3.05, 3.63) is 53.6 Å². The maximum Gasteiger partial charge on any atom is 0.266 e. The zero-order chi connectivity index (χ0) is 20.5. The number of hydrogen-bond acceptors (Lipinski definition) is 6. The summed E-state index contributed by atoms with van der Waals surface area (Å²) in [7, 11) is 0. The minimum Gasteiger partial charge on any atom is -0.508 e. The van der Waals surface area contributed by atoms with Gasteiger partial charge in [0.05, 0.1) is 6.61 Å². The molecule has 0 saturated heterocycles. The van der Waals surface area contributed by atoms with Crippen molar-refractivity contribution in [1.82, 2.24) is 0 Å². The number of anilines is 1. The summed E-state index contributed by atoms with van der Waals surface area (Å²) >= 11 is 0. The molecule has 0 radical (unpaired) electrons. The Morgan fingerprint density at radius 2 is 1.89 bits per heavy atom. The topological polar surface area (TPSA) is 135 Å². The number of aromatic hydroxyl groups is 1. The Balaban J connectivity index is 2.23. The molecule has 144 valence electrons. The normalized spacial score (nSPS) is 10.6. The maximum atomic E-state index is 12.3. The molecule has 0 saturated carbocycles. The van der Waals surface area contributed by atoms with Gasteiger partial charge in [0.2, 0.25) is 0 Å². The summed E-state index contributed by atoms with van der Waals surface area (Å²) in [4.78, 5) is 23.2. The fourth-order valence-corrected chi connectivity index (χ4v) is 2.21. The van der Waals surface area contributed by atoms with Crippen LogP contribution in [0.3, 0.4) is 0 Å². The molecule has 0 spiro atoms. The highest BCUT2D eigenvalue weighted by molar-refractivity contribution is 6.09. The summed E-state index contributed by atoms with van der Waals surface area (Å²) in [6.45, 7) is 1.84. The monoisotopic (exact) mass is 381 g/mol. The molecule has 2 aromatic rings. The molecule has 0 bridgehead atoms. The van der Waals surface area contributed by atoms with E-state index in [2.05, 4.69) is 5.32 Å². The second kappa shape index (κ2) is 9.64. The van der Waals surface area contributed by atoms with Crippen molar-refractivity contribution in [2.24, 2.45) is 5.73 Å². The molecule has 0 aliphatic heterocycles. The second-order valence-electron chi connectivity index (χ2n) is 5.56. The van der Waals surface area contributed by atoms with Crippen LogP contribution in [-0.4, -0.2) is 30.1 Å². The lowest BCUT2D eigenvalue weighted by atomic mass is 10.1. The van der Waals surface area contributed by atoms with E-state index in [9.17, 15) is 20.0 Å². The first-order valence-corrected chi connectivity index (χ1v) is 8.33. The van der Waals surface area contributed by atoms with Gasteiger partial charge in [-0.05, 0) is 55.0 Å². The first kappa shape index (κ1) is 20.3. The van der Waals surface area contributed by atoms with Crippen molar-refractivity contribution in [2.75, 3.05) is 18.5 Å². The summed E-state index contributed by atoms with van der Waals surface area (Å²) in [6.07, 6.45) is 1.40. The van der Waals surface area contributed by atoms with Gasteiger partial charge < -0.3 is 25.6 Å². The highest BCUT2D eigenvalue weighted by atomic mass is 16.5. The number of nitrogens with one attached hydrogen (secondary N) is 1. The molecular weight excluding hydrogens is 362 g/mol. The number of nitrogens with zero attached hydrogens (tertiary/aromatic N) is 1. The Kier molecular flexibility index (Phi) is 6.99. The lowest BCUT2D eigenvalue weighted by molar-refractivity contribution is -0.120. The van der Waals surface area contributed by atoms with Crippen molar-refractivity contribution in [3.63, 3.8) is 0 Å². The lowest BCUT2D eigenvalue weighted by Gasteiger charge is -2.11. The molecular formula is C20H19N3O5. The molecule has 8 nitrogen and oxygen atoms in total. The third-order valence-corrected chi connectivity index (χ3v) is 3.44. The van der Waals surface area contributed by atoms with E-state index >= 15 is 0 Å². The van der Waals surface area contributed by atoms with Crippen LogP contribution in [0.15, 0.2) is 48.0 Å². The molecule has 28 heavy (non-hydrogen) atoms. The van der Waals surface area contributed by atoms with Gasteiger partial charge in [-0.3, -0.25) is 9.59 Å². The predicted octanol–water partition coefficient (Wildman–Crippen LogP) is 2.20. The Bertz CT molecular complexity index is 930. The Morgan fingerprint density at radius 3 is 2.50 bits per heavy atom. The number of primary amides is 1. The first-order valence-electron chi connectivity index (χ1n) is 8.33. The van der Waals surface area contributed by atoms with Crippen molar-refractivity contribution in [2.45, 2.75) is 6.92 Å². The number of phenolic OH excluding ortho intramolecular Hbond substituents is 1. The molecule has 4 N–H and O–H groups in total. The average molecular weight is 381 g/mol. The van der Waals surface area contributed by atoms with E-state index in [0.29, 0.717) is 29.4 Å². The lowest BCUT2D eigenvalue weighted by Crippen LogP contribution is -2.20. The molecule has 2 rings (SSSR count). The van der Waals surface area contributed by atoms with E-state index in [4.69, 9.17) is 15.2 Å². The largest absolute Gasteiger partial charge is 0.508 e. The molecule has 0 fully saturated rings. The van der Waals surface area contributed by atoms with Crippen LogP contribution in [-0.2, 0) is 9.59 Å². The summed E-state index contributed by atoms with van der Waals surface area (Å²) in [6, 6.07) is 12.5. The molecule has 0 heterocycles. The summed E-state index contributed by atoms with van der Waals surface area (Å²) in [5.41, 5.74) is 5.92. The summed E-state index contributed by atoms with van der Waals surface area (Å²) < 4.78 is 10.8. The highest BCUT2D eigenvalue weighted by Crippen LogP contribution is 2.29. The smallest absolute Gasteiger partial charge is 0.266 e. The van der Waals surface area contributed by atoms with Gasteiger partial charge in [-0.25, -0.2) is 0 Å². The number of benzene rings is 2. The fourth-order valence-electron chi connectivity index (χ4n) is 2.21. The Labute approximate surface area is 161 Å². The van der Waals surface area contributed by atoms with Crippen LogP contribution in [0.4, 0.5) is 5.69 Å². The molecule has 0 aliphatic carbocycles. The third kappa shape index (κ3) is 5.78. The fraction of sp³-hybridized carbons (Fsp3) is 0.150. The number of carbonyl (C=O) groups excluding carboxylic acids is 2. The zero-order valence-electron chi connectivity index (χ0n) is 15.1. The zero-order valence-corrected chi connectivity index (χ0v) is 15.1. The van der Waals surface area contributed by atoms with Crippen molar-refractivity contribution in [1.29, 1.82) is 5.26 Å². The summed E-state index contributed by atoms with van der Waals surface area (Å²) in [5.74, 6) is -0.473.